The Balaban J connectivity index is 0.000000359. The van der Waals surface area contributed by atoms with Gasteiger partial charge in [-0.3, -0.25) is 0 Å². The number of hydrogen-bond donors (Lipinski definition) is 2. The van der Waals surface area contributed by atoms with Crippen molar-refractivity contribution in [2.24, 2.45) is 0 Å². The molecule has 2 N–H and O–H groups in total. The van der Waals surface area contributed by atoms with Crippen LogP contribution in [0.4, 0.5) is 0 Å². The molecular formula is C60H52O2Si2Zr. The summed E-state index contributed by atoms with van der Waals surface area (Å²) < 4.78 is 0. The van der Waals surface area contributed by atoms with E-state index in [4.69, 9.17) is 0 Å². The van der Waals surface area contributed by atoms with Gasteiger partial charge in [0, 0.05) is 11.1 Å². The molecule has 65 heavy (non-hydrogen) atoms. The van der Waals surface area contributed by atoms with Crippen LogP contribution in [-0.4, -0.2) is 26.4 Å². The molecule has 0 saturated carbocycles. The molecule has 0 spiro atoms. The topological polar surface area (TPSA) is 40.5 Å². The SMILES string of the molecule is C[Si](c1ccccc1)(c1ccccc1)c1cc2ccccc2c(-c2c(O)c([Si](C)(c3ccccc3)c3ccccc3)cc3ccccc23)c1O.[CH2-]c1ccccc1.[CH2-]c1ccccc1.[Zr+2]. The molecule has 0 heterocycles. The van der Waals surface area contributed by atoms with Gasteiger partial charge in [0.2, 0.25) is 0 Å². The Labute approximate surface area is 405 Å². The predicted octanol–water partition coefficient (Wildman–Crippen LogP) is 11.0. The van der Waals surface area contributed by atoms with Crippen molar-refractivity contribution in [2.75, 3.05) is 0 Å². The molecular weight excluding hydrogens is 900 g/mol. The fraction of sp³-hybridized carbons (Fsp3) is 0.0333. The van der Waals surface area contributed by atoms with Gasteiger partial charge >= 0.3 is 26.2 Å². The second-order valence-corrected chi connectivity index (χ2v) is 24.3. The van der Waals surface area contributed by atoms with Crippen LogP contribution in [0.1, 0.15) is 11.1 Å². The molecule has 0 bridgehead atoms. The van der Waals surface area contributed by atoms with Gasteiger partial charge in [-0.1, -0.05) is 207 Å². The van der Waals surface area contributed by atoms with Gasteiger partial charge in [0.05, 0.1) is 0 Å². The summed E-state index contributed by atoms with van der Waals surface area (Å²) in [5.74, 6) is 0.455. The Hall–Kier alpha value is -6.62. The third-order valence-electron chi connectivity index (χ3n) is 12.5. The van der Waals surface area contributed by atoms with E-state index < -0.39 is 16.1 Å². The van der Waals surface area contributed by atoms with Gasteiger partial charge in [-0.05, 0) is 52.7 Å². The number of phenols is 2. The van der Waals surface area contributed by atoms with Gasteiger partial charge in [-0.15, -0.1) is 24.3 Å². The summed E-state index contributed by atoms with van der Waals surface area (Å²) in [6.45, 7) is 12.1. The number of aromatic hydroxyl groups is 2. The first-order valence-corrected chi connectivity index (χ1v) is 26.7. The molecule has 0 unspecified atom stereocenters. The quantitative estimate of drug-likeness (QED) is 0.0949. The summed E-state index contributed by atoms with van der Waals surface area (Å²) in [5, 5.41) is 36.4. The maximum absolute atomic E-state index is 12.9. The van der Waals surface area contributed by atoms with E-state index in [0.717, 1.165) is 43.0 Å². The molecule has 10 aromatic rings. The van der Waals surface area contributed by atoms with Crippen molar-refractivity contribution in [1.82, 2.24) is 0 Å². The van der Waals surface area contributed by atoms with Crippen LogP contribution in [0.2, 0.25) is 13.1 Å². The molecule has 0 amide bonds. The largest absolute Gasteiger partial charge is 2.00 e. The summed E-state index contributed by atoms with van der Waals surface area (Å²) in [6.07, 6.45) is 0. The van der Waals surface area contributed by atoms with Gasteiger partial charge in [0.1, 0.15) is 27.6 Å². The Morgan fingerprint density at radius 3 is 0.800 bits per heavy atom. The third kappa shape index (κ3) is 9.60. The van der Waals surface area contributed by atoms with Crippen LogP contribution in [0.5, 0.6) is 11.5 Å². The van der Waals surface area contributed by atoms with Crippen LogP contribution < -0.4 is 31.1 Å². The van der Waals surface area contributed by atoms with E-state index in [0.29, 0.717) is 11.1 Å². The molecule has 0 aliphatic carbocycles. The van der Waals surface area contributed by atoms with Crippen LogP contribution in [0.15, 0.2) is 243 Å². The van der Waals surface area contributed by atoms with Gasteiger partial charge in [0.15, 0.2) is 0 Å². The van der Waals surface area contributed by atoms with Crippen molar-refractivity contribution in [3.63, 3.8) is 0 Å². The maximum Gasteiger partial charge on any atom is 2.00 e. The van der Waals surface area contributed by atoms with Crippen LogP contribution in [0.3, 0.4) is 0 Å². The molecule has 0 aliphatic heterocycles. The minimum atomic E-state index is -2.77. The molecule has 10 rings (SSSR count). The van der Waals surface area contributed by atoms with Crippen LogP contribution in [-0.2, 0) is 26.2 Å². The molecule has 316 valence electrons. The number of phenolic OH excluding ortho intramolecular Hbond substituents is 2. The standard InChI is InChI=1S/C46H38O2Si2.2C7H7.Zr/c1-49(35-21-7-3-8-22-35,36-23-9-4-10-24-36)41-31-33-19-15-17-29-39(33)43(45(41)47)44-40-30-18-16-20-34(40)32-42(46(44)48)50(2,37-25-11-5-12-26-37)38-27-13-6-14-28-38;2*1-7-5-3-2-4-6-7;/h3-32,47-48H,1-2H3;2*2-6H,1H2;/q;2*-1;+2. The molecule has 2 nitrogen and oxygen atoms in total. The number of benzene rings is 10. The van der Waals surface area contributed by atoms with Crippen molar-refractivity contribution >= 4 is 68.8 Å². The number of rotatable bonds is 7. The van der Waals surface area contributed by atoms with E-state index in [1.807, 2.05) is 97.1 Å². The first-order valence-electron chi connectivity index (χ1n) is 21.7. The van der Waals surface area contributed by atoms with Gasteiger partial charge in [-0.25, -0.2) is 0 Å². The van der Waals surface area contributed by atoms with Crippen LogP contribution >= 0.6 is 0 Å². The molecule has 0 radical (unpaired) electrons. The minimum Gasteiger partial charge on any atom is -0.507 e. The molecule has 5 heteroatoms. The summed E-state index contributed by atoms with van der Waals surface area (Å²) in [7, 11) is -5.53. The fourth-order valence-corrected chi connectivity index (χ4v) is 16.4. The summed E-state index contributed by atoms with van der Waals surface area (Å²) in [4.78, 5) is 0. The van der Waals surface area contributed by atoms with E-state index in [2.05, 4.69) is 173 Å². The summed E-state index contributed by atoms with van der Waals surface area (Å²) in [6, 6.07) is 83.1. The summed E-state index contributed by atoms with van der Waals surface area (Å²) in [5.41, 5.74) is 3.50. The predicted molar refractivity (Wildman–Crippen MR) is 279 cm³/mol. The minimum absolute atomic E-state index is 0. The molecule has 10 aromatic carbocycles. The monoisotopic (exact) mass is 950 g/mol. The van der Waals surface area contributed by atoms with Crippen LogP contribution in [0, 0.1) is 13.8 Å². The zero-order chi connectivity index (χ0) is 44.5. The van der Waals surface area contributed by atoms with E-state index >= 15 is 0 Å². The van der Waals surface area contributed by atoms with E-state index in [-0.39, 0.29) is 37.7 Å². The zero-order valence-corrected chi connectivity index (χ0v) is 41.4. The second kappa shape index (κ2) is 20.9. The first kappa shape index (κ1) is 46.4. The first-order chi connectivity index (χ1) is 31.2. The van der Waals surface area contributed by atoms with Crippen molar-refractivity contribution in [2.45, 2.75) is 13.1 Å². The molecule has 0 atom stereocenters. The average Bonchev–Trinajstić information content (AvgIpc) is 3.35. The Kier molecular flexibility index (Phi) is 14.9. The average molecular weight is 952 g/mol. The summed E-state index contributed by atoms with van der Waals surface area (Å²) >= 11 is 0. The molecule has 0 fully saturated rings. The van der Waals surface area contributed by atoms with E-state index in [9.17, 15) is 10.2 Å². The zero-order valence-electron chi connectivity index (χ0n) is 36.9. The van der Waals surface area contributed by atoms with E-state index in [1.54, 1.807) is 0 Å². The van der Waals surface area contributed by atoms with Crippen LogP contribution in [0.25, 0.3) is 32.7 Å². The van der Waals surface area contributed by atoms with Gasteiger partial charge in [0.25, 0.3) is 0 Å². The Morgan fingerprint density at radius 1 is 0.323 bits per heavy atom. The second-order valence-electron chi connectivity index (χ2n) is 16.4. The van der Waals surface area contributed by atoms with Crippen molar-refractivity contribution in [1.29, 1.82) is 0 Å². The maximum atomic E-state index is 12.9. The Morgan fingerprint density at radius 2 is 0.554 bits per heavy atom. The Bertz CT molecular complexity index is 2800. The van der Waals surface area contributed by atoms with Gasteiger partial charge in [-0.2, -0.15) is 49.2 Å². The van der Waals surface area contributed by atoms with E-state index in [1.165, 1.54) is 20.7 Å². The van der Waals surface area contributed by atoms with Crippen molar-refractivity contribution in [3.8, 4) is 22.6 Å². The van der Waals surface area contributed by atoms with Gasteiger partial charge < -0.3 is 10.2 Å². The van der Waals surface area contributed by atoms with Crippen molar-refractivity contribution in [3.05, 3.63) is 268 Å². The fourth-order valence-electron chi connectivity index (χ4n) is 8.94. The molecule has 0 saturated heterocycles. The smallest absolute Gasteiger partial charge is 0.507 e. The molecule has 0 aromatic heterocycles. The number of fused-ring (bicyclic) bond motifs is 2. The van der Waals surface area contributed by atoms with Crippen molar-refractivity contribution < 1.29 is 36.4 Å². The third-order valence-corrected chi connectivity index (χ3v) is 21.3. The number of hydrogen-bond acceptors (Lipinski definition) is 2. The normalized spacial score (nSPS) is 11.0. The molecule has 0 aliphatic rings.